The summed E-state index contributed by atoms with van der Waals surface area (Å²) >= 11 is 0. The van der Waals surface area contributed by atoms with Gasteiger partial charge in [-0.3, -0.25) is 9.59 Å². The lowest BCUT2D eigenvalue weighted by atomic mass is 9.81. The average molecular weight is 467 g/mol. The summed E-state index contributed by atoms with van der Waals surface area (Å²) in [6.07, 6.45) is 6.01. The number of hydrogen-bond acceptors (Lipinski definition) is 7. The number of esters is 2. The van der Waals surface area contributed by atoms with Crippen molar-refractivity contribution in [3.8, 4) is 0 Å². The fourth-order valence-electron chi connectivity index (χ4n) is 6.79. The normalized spacial score (nSPS) is 48.1. The maximum atomic E-state index is 12.2. The Hall–Kier alpha value is -1.18. The zero-order valence-corrected chi connectivity index (χ0v) is 21.1. The van der Waals surface area contributed by atoms with Gasteiger partial charge in [-0.2, -0.15) is 0 Å². The smallest absolute Gasteiger partial charge is 0.309 e. The van der Waals surface area contributed by atoms with E-state index in [1.807, 2.05) is 6.92 Å². The number of methoxy groups -OCH3 is 1. The second-order valence-electron chi connectivity index (χ2n) is 11.3. The van der Waals surface area contributed by atoms with Crippen molar-refractivity contribution in [2.45, 2.75) is 128 Å². The van der Waals surface area contributed by atoms with Crippen LogP contribution in [0.5, 0.6) is 0 Å². The van der Waals surface area contributed by atoms with Crippen LogP contribution in [-0.4, -0.2) is 60.8 Å². The fourth-order valence-corrected chi connectivity index (χ4v) is 6.79. The van der Waals surface area contributed by atoms with Crippen molar-refractivity contribution in [3.05, 3.63) is 0 Å². The van der Waals surface area contributed by atoms with Gasteiger partial charge >= 0.3 is 11.9 Å². The van der Waals surface area contributed by atoms with Gasteiger partial charge in [0.05, 0.1) is 55.1 Å². The highest BCUT2D eigenvalue weighted by Crippen LogP contribution is 2.50. The Balaban J connectivity index is 1.42. The molecule has 10 atom stereocenters. The Morgan fingerprint density at radius 2 is 1.85 bits per heavy atom. The molecule has 7 heteroatoms. The minimum Gasteiger partial charge on any atom is -0.469 e. The van der Waals surface area contributed by atoms with Crippen LogP contribution in [0.2, 0.25) is 0 Å². The molecule has 33 heavy (non-hydrogen) atoms. The summed E-state index contributed by atoms with van der Waals surface area (Å²) in [6.45, 7) is 10.6. The molecule has 1 unspecified atom stereocenters. The number of cyclic esters (lactones) is 1. The number of hydrogen-bond donors (Lipinski definition) is 0. The first-order valence-electron chi connectivity index (χ1n) is 12.9. The molecule has 0 saturated carbocycles. The van der Waals surface area contributed by atoms with Crippen LogP contribution in [0.1, 0.15) is 86.0 Å². The molecule has 0 aromatic carbocycles. The Kier molecular flexibility index (Phi) is 7.15. The van der Waals surface area contributed by atoms with E-state index in [1.54, 1.807) is 0 Å². The van der Waals surface area contributed by atoms with Gasteiger partial charge in [0.2, 0.25) is 0 Å². The van der Waals surface area contributed by atoms with E-state index < -0.39 is 5.60 Å². The standard InChI is InChI=1S/C26H42O7/c1-7-26(11-9-20(33-26)25(5)10-8-18(32-25)14-21(27)29-6)23-16(3)13-19(30-23)22-15(2)12-17(4)24(28)31-22/h15-20,22-23H,7-14H2,1-6H3/t15-,16-,17+,18?,19+,20+,22-,23+,25-,26-/m0/s1. The summed E-state index contributed by atoms with van der Waals surface area (Å²) in [5, 5.41) is 0. The van der Waals surface area contributed by atoms with Crippen molar-refractivity contribution >= 4 is 11.9 Å². The number of carbonyl (C=O) groups is 2. The van der Waals surface area contributed by atoms with Crippen molar-refractivity contribution in [2.24, 2.45) is 17.8 Å². The first-order chi connectivity index (χ1) is 15.6. The third-order valence-electron chi connectivity index (χ3n) is 8.77. The summed E-state index contributed by atoms with van der Waals surface area (Å²) in [5.74, 6) is 0.241. The Bertz CT molecular complexity index is 740. The highest BCUT2D eigenvalue weighted by atomic mass is 16.6. The molecule has 0 radical (unpaired) electrons. The zero-order chi connectivity index (χ0) is 24.0. The van der Waals surface area contributed by atoms with Crippen LogP contribution >= 0.6 is 0 Å². The minimum atomic E-state index is -0.402. The minimum absolute atomic E-state index is 0.0257. The van der Waals surface area contributed by atoms with Crippen molar-refractivity contribution < 1.29 is 33.3 Å². The largest absolute Gasteiger partial charge is 0.469 e. The summed E-state index contributed by atoms with van der Waals surface area (Å²) in [6, 6.07) is 0. The molecule has 4 saturated heterocycles. The molecule has 0 aromatic heterocycles. The van der Waals surface area contributed by atoms with E-state index in [4.69, 9.17) is 23.7 Å². The van der Waals surface area contributed by atoms with E-state index >= 15 is 0 Å². The topological polar surface area (TPSA) is 80.3 Å². The molecule has 0 aromatic rings. The van der Waals surface area contributed by atoms with Gasteiger partial charge in [0.15, 0.2) is 0 Å². The maximum absolute atomic E-state index is 12.2. The van der Waals surface area contributed by atoms with Gasteiger partial charge in [0.1, 0.15) is 6.10 Å². The summed E-state index contributed by atoms with van der Waals surface area (Å²) in [5.41, 5.74) is -0.763. The van der Waals surface area contributed by atoms with E-state index in [-0.39, 0.29) is 54.0 Å². The predicted molar refractivity (Wildman–Crippen MR) is 122 cm³/mol. The van der Waals surface area contributed by atoms with Crippen LogP contribution in [0, 0.1) is 17.8 Å². The monoisotopic (exact) mass is 466 g/mol. The lowest BCUT2D eigenvalue weighted by Gasteiger charge is -2.40. The molecule has 0 spiro atoms. The van der Waals surface area contributed by atoms with Crippen LogP contribution in [0.15, 0.2) is 0 Å². The molecule has 0 bridgehead atoms. The van der Waals surface area contributed by atoms with Gasteiger partial charge in [-0.25, -0.2) is 0 Å². The van der Waals surface area contributed by atoms with Gasteiger partial charge in [0.25, 0.3) is 0 Å². The SMILES string of the molecule is CC[C@@]1([C@@H]2O[C@@H]([C@H]3OC(=O)[C@H](C)C[C@@H]3C)C[C@@H]2C)CC[C@H]([C@]2(C)CCC(CC(=O)OC)O2)O1. The zero-order valence-electron chi connectivity index (χ0n) is 21.1. The van der Waals surface area contributed by atoms with E-state index in [2.05, 4.69) is 27.7 Å². The van der Waals surface area contributed by atoms with Gasteiger partial charge < -0.3 is 23.7 Å². The lowest BCUT2D eigenvalue weighted by molar-refractivity contribution is -0.204. The second-order valence-corrected chi connectivity index (χ2v) is 11.3. The molecular formula is C26H42O7. The highest BCUT2D eigenvalue weighted by Gasteiger charge is 2.57. The second kappa shape index (κ2) is 9.46. The number of rotatable bonds is 6. The fraction of sp³-hybridized carbons (Fsp3) is 0.923. The van der Waals surface area contributed by atoms with Crippen LogP contribution in [0.25, 0.3) is 0 Å². The van der Waals surface area contributed by atoms with Gasteiger partial charge in [-0.15, -0.1) is 0 Å². The van der Waals surface area contributed by atoms with Crippen molar-refractivity contribution in [1.82, 2.24) is 0 Å². The molecule has 4 aliphatic heterocycles. The van der Waals surface area contributed by atoms with Gasteiger partial charge in [0, 0.05) is 0 Å². The average Bonchev–Trinajstić information content (AvgIpc) is 3.49. The van der Waals surface area contributed by atoms with Gasteiger partial charge in [-0.05, 0) is 63.7 Å². The first kappa shape index (κ1) is 24.9. The Morgan fingerprint density at radius 3 is 2.55 bits per heavy atom. The third-order valence-corrected chi connectivity index (χ3v) is 8.77. The van der Waals surface area contributed by atoms with Crippen molar-refractivity contribution in [2.75, 3.05) is 7.11 Å². The predicted octanol–water partition coefficient (Wildman–Crippen LogP) is 4.20. The molecule has 188 valence electrons. The molecule has 0 amide bonds. The van der Waals surface area contributed by atoms with Crippen LogP contribution in [0.4, 0.5) is 0 Å². The number of ether oxygens (including phenoxy) is 5. The van der Waals surface area contributed by atoms with E-state index in [9.17, 15) is 9.59 Å². The van der Waals surface area contributed by atoms with E-state index in [0.717, 1.165) is 44.9 Å². The molecule has 4 rings (SSSR count). The van der Waals surface area contributed by atoms with E-state index in [0.29, 0.717) is 18.3 Å². The van der Waals surface area contributed by atoms with Crippen LogP contribution in [0.3, 0.4) is 0 Å². The Morgan fingerprint density at radius 1 is 1.09 bits per heavy atom. The van der Waals surface area contributed by atoms with Crippen molar-refractivity contribution in [1.29, 1.82) is 0 Å². The maximum Gasteiger partial charge on any atom is 0.309 e. The molecule has 7 nitrogen and oxygen atoms in total. The van der Waals surface area contributed by atoms with Crippen LogP contribution < -0.4 is 0 Å². The summed E-state index contributed by atoms with van der Waals surface area (Å²) in [7, 11) is 1.41. The Labute approximate surface area is 198 Å². The highest BCUT2D eigenvalue weighted by molar-refractivity contribution is 5.73. The molecule has 4 fully saturated rings. The third kappa shape index (κ3) is 4.70. The molecule has 0 N–H and O–H groups in total. The molecular weight excluding hydrogens is 424 g/mol. The van der Waals surface area contributed by atoms with Crippen molar-refractivity contribution in [3.63, 3.8) is 0 Å². The molecule has 4 heterocycles. The molecule has 0 aliphatic carbocycles. The first-order valence-corrected chi connectivity index (χ1v) is 12.9. The molecule has 4 aliphatic rings. The number of carbonyl (C=O) groups excluding carboxylic acids is 2. The van der Waals surface area contributed by atoms with Crippen LogP contribution in [-0.2, 0) is 33.3 Å². The van der Waals surface area contributed by atoms with Gasteiger partial charge in [-0.1, -0.05) is 27.7 Å². The summed E-state index contributed by atoms with van der Waals surface area (Å²) in [4.78, 5) is 23.9. The lowest BCUT2D eigenvalue weighted by Crippen LogP contribution is -2.49. The summed E-state index contributed by atoms with van der Waals surface area (Å²) < 4.78 is 30.5. The quantitative estimate of drug-likeness (QED) is 0.543. The van der Waals surface area contributed by atoms with E-state index in [1.165, 1.54) is 7.11 Å².